The largest absolute Gasteiger partial charge is 0.322 e. The van der Waals surface area contributed by atoms with Crippen molar-refractivity contribution < 1.29 is 9.18 Å². The highest BCUT2D eigenvalue weighted by Gasteiger charge is 2.37. The van der Waals surface area contributed by atoms with Gasteiger partial charge < -0.3 is 11.1 Å². The lowest BCUT2D eigenvalue weighted by Crippen LogP contribution is -2.48. The lowest BCUT2D eigenvalue weighted by molar-refractivity contribution is -0.121. The van der Waals surface area contributed by atoms with Gasteiger partial charge in [0.15, 0.2) is 0 Å². The Morgan fingerprint density at radius 1 is 1.39 bits per heavy atom. The summed E-state index contributed by atoms with van der Waals surface area (Å²) >= 11 is 3.23. The predicted octanol–water partition coefficient (Wildman–Crippen LogP) is 3.22. The maximum Gasteiger partial charge on any atom is 0.244 e. The molecule has 6 heteroatoms. The Hall–Kier alpha value is -0.650. The van der Waals surface area contributed by atoms with Gasteiger partial charge in [-0.3, -0.25) is 4.79 Å². The van der Waals surface area contributed by atoms with E-state index in [1.54, 1.807) is 6.07 Å². The molecule has 100 valence electrons. The van der Waals surface area contributed by atoms with Crippen molar-refractivity contribution in [2.24, 2.45) is 5.73 Å². The van der Waals surface area contributed by atoms with Gasteiger partial charge in [0.05, 0.1) is 11.2 Å². The van der Waals surface area contributed by atoms with Crippen molar-refractivity contribution in [3.63, 3.8) is 0 Å². The third kappa shape index (κ3) is 3.22. The molecule has 0 spiro atoms. The molecule has 3 N–H and O–H groups in total. The molecule has 0 unspecified atom stereocenters. The Balaban J connectivity index is 0.00000162. The lowest BCUT2D eigenvalue weighted by atomic mass is 9.98. The summed E-state index contributed by atoms with van der Waals surface area (Å²) in [6.45, 7) is 0. The maximum atomic E-state index is 13.5. The zero-order chi connectivity index (χ0) is 12.5. The van der Waals surface area contributed by atoms with Gasteiger partial charge in [0.2, 0.25) is 5.91 Å². The average molecular weight is 338 g/mol. The van der Waals surface area contributed by atoms with Gasteiger partial charge in [0, 0.05) is 4.47 Å². The van der Waals surface area contributed by atoms with Crippen LogP contribution in [0.5, 0.6) is 0 Å². The summed E-state index contributed by atoms with van der Waals surface area (Å²) in [7, 11) is 0. The number of hydrogen-bond acceptors (Lipinski definition) is 2. The van der Waals surface area contributed by atoms with Gasteiger partial charge in [0.25, 0.3) is 0 Å². The molecule has 1 aromatic rings. The van der Waals surface area contributed by atoms with E-state index in [1.165, 1.54) is 12.1 Å². The molecule has 0 aliphatic heterocycles. The van der Waals surface area contributed by atoms with Crippen molar-refractivity contribution in [3.05, 3.63) is 28.5 Å². The van der Waals surface area contributed by atoms with Crippen LogP contribution in [0.1, 0.15) is 25.7 Å². The normalized spacial score (nSPS) is 17.1. The highest BCUT2D eigenvalue weighted by Crippen LogP contribution is 2.29. The molecule has 3 nitrogen and oxygen atoms in total. The first kappa shape index (κ1) is 15.4. The molecule has 0 bridgehead atoms. The molecule has 0 heterocycles. The van der Waals surface area contributed by atoms with Gasteiger partial charge in [-0.05, 0) is 31.0 Å². The number of carbonyl (C=O) groups excluding carboxylic acids is 1. The summed E-state index contributed by atoms with van der Waals surface area (Å²) < 4.78 is 14.2. The van der Waals surface area contributed by atoms with E-state index in [0.717, 1.165) is 12.8 Å². The third-order valence-electron chi connectivity index (χ3n) is 3.12. The third-order valence-corrected chi connectivity index (χ3v) is 3.62. The molecule has 18 heavy (non-hydrogen) atoms. The Morgan fingerprint density at radius 2 is 2.00 bits per heavy atom. The minimum absolute atomic E-state index is 0. The first-order valence-corrected chi connectivity index (χ1v) is 6.36. The summed E-state index contributed by atoms with van der Waals surface area (Å²) in [5, 5.41) is 2.56. The van der Waals surface area contributed by atoms with Gasteiger partial charge >= 0.3 is 0 Å². The zero-order valence-corrected chi connectivity index (χ0v) is 12.1. The number of halogens is 3. The smallest absolute Gasteiger partial charge is 0.244 e. The Bertz CT molecular complexity index is 450. The molecule has 0 radical (unpaired) electrons. The van der Waals surface area contributed by atoms with Crippen LogP contribution in [0.3, 0.4) is 0 Å². The number of rotatable bonds is 2. The van der Waals surface area contributed by atoms with Gasteiger partial charge in [-0.25, -0.2) is 4.39 Å². The Kier molecular flexibility index (Phi) is 5.13. The van der Waals surface area contributed by atoms with Crippen LogP contribution < -0.4 is 11.1 Å². The highest BCUT2D eigenvalue weighted by molar-refractivity contribution is 9.10. The van der Waals surface area contributed by atoms with E-state index in [1.807, 2.05) is 0 Å². The van der Waals surface area contributed by atoms with Crippen LogP contribution in [0.4, 0.5) is 10.1 Å². The Labute approximate surface area is 120 Å². The average Bonchev–Trinajstić information content (AvgIpc) is 2.72. The first-order chi connectivity index (χ1) is 8.01. The van der Waals surface area contributed by atoms with Crippen LogP contribution >= 0.6 is 28.3 Å². The summed E-state index contributed by atoms with van der Waals surface area (Å²) in [5.74, 6) is -0.754. The van der Waals surface area contributed by atoms with Gasteiger partial charge in [-0.15, -0.1) is 12.4 Å². The number of nitrogens with two attached hydrogens (primary N) is 1. The van der Waals surface area contributed by atoms with Crippen LogP contribution in [0.15, 0.2) is 22.7 Å². The molecule has 1 fully saturated rings. The fraction of sp³-hybridized carbons (Fsp3) is 0.417. The van der Waals surface area contributed by atoms with E-state index in [-0.39, 0.29) is 24.0 Å². The molecule has 1 saturated carbocycles. The van der Waals surface area contributed by atoms with Crippen molar-refractivity contribution in [1.82, 2.24) is 0 Å². The molecule has 0 aromatic heterocycles. The second kappa shape index (κ2) is 5.99. The summed E-state index contributed by atoms with van der Waals surface area (Å²) in [4.78, 5) is 12.0. The zero-order valence-electron chi connectivity index (χ0n) is 9.71. The monoisotopic (exact) mass is 336 g/mol. The molecule has 0 atom stereocenters. The van der Waals surface area contributed by atoms with E-state index >= 15 is 0 Å². The standard InChI is InChI=1S/C12H14BrFN2O.ClH/c13-8-3-4-9(14)10(7-8)16-11(17)12(15)5-1-2-6-12;/h3-4,7H,1-2,5-6,15H2,(H,16,17);1H. The van der Waals surface area contributed by atoms with E-state index in [9.17, 15) is 9.18 Å². The number of benzene rings is 1. The second-order valence-electron chi connectivity index (χ2n) is 4.44. The Morgan fingerprint density at radius 3 is 2.61 bits per heavy atom. The molecular formula is C12H15BrClFN2O. The lowest BCUT2D eigenvalue weighted by Gasteiger charge is -2.22. The number of nitrogens with one attached hydrogen (secondary N) is 1. The highest BCUT2D eigenvalue weighted by atomic mass is 79.9. The molecule has 1 amide bonds. The number of hydrogen-bond donors (Lipinski definition) is 2. The SMILES string of the molecule is Cl.NC1(C(=O)Nc2cc(Br)ccc2F)CCCC1. The van der Waals surface area contributed by atoms with Gasteiger partial charge in [-0.2, -0.15) is 0 Å². The summed E-state index contributed by atoms with van der Waals surface area (Å²) in [6.07, 6.45) is 3.22. The van der Waals surface area contributed by atoms with E-state index in [2.05, 4.69) is 21.2 Å². The molecule has 2 rings (SSSR count). The molecule has 1 aliphatic carbocycles. The summed E-state index contributed by atoms with van der Waals surface area (Å²) in [5.41, 5.74) is 5.32. The predicted molar refractivity (Wildman–Crippen MR) is 75.4 cm³/mol. The maximum absolute atomic E-state index is 13.5. The molecular weight excluding hydrogens is 323 g/mol. The van der Waals surface area contributed by atoms with E-state index in [0.29, 0.717) is 17.3 Å². The van der Waals surface area contributed by atoms with Gasteiger partial charge in [-0.1, -0.05) is 28.8 Å². The fourth-order valence-corrected chi connectivity index (χ4v) is 2.43. The van der Waals surface area contributed by atoms with Crippen LogP contribution in [-0.2, 0) is 4.79 Å². The fourth-order valence-electron chi connectivity index (χ4n) is 2.07. The van der Waals surface area contributed by atoms with Crippen LogP contribution in [-0.4, -0.2) is 11.4 Å². The van der Waals surface area contributed by atoms with Crippen molar-refractivity contribution in [3.8, 4) is 0 Å². The number of anilines is 1. The molecule has 1 aromatic carbocycles. The van der Waals surface area contributed by atoms with Crippen LogP contribution in [0.2, 0.25) is 0 Å². The van der Waals surface area contributed by atoms with Crippen molar-refractivity contribution in [1.29, 1.82) is 0 Å². The number of amides is 1. The minimum Gasteiger partial charge on any atom is -0.322 e. The second-order valence-corrected chi connectivity index (χ2v) is 5.36. The topological polar surface area (TPSA) is 55.1 Å². The molecule has 1 aliphatic rings. The van der Waals surface area contributed by atoms with Gasteiger partial charge in [0.1, 0.15) is 5.82 Å². The minimum atomic E-state index is -0.839. The van der Waals surface area contributed by atoms with Crippen LogP contribution in [0, 0.1) is 5.82 Å². The van der Waals surface area contributed by atoms with Crippen molar-refractivity contribution in [2.75, 3.05) is 5.32 Å². The molecule has 0 saturated heterocycles. The quantitative estimate of drug-likeness (QED) is 0.870. The summed E-state index contributed by atoms with van der Waals surface area (Å²) in [6, 6.07) is 4.42. The first-order valence-electron chi connectivity index (χ1n) is 5.57. The van der Waals surface area contributed by atoms with Crippen LogP contribution in [0.25, 0.3) is 0 Å². The van der Waals surface area contributed by atoms with E-state index < -0.39 is 11.4 Å². The van der Waals surface area contributed by atoms with Crippen molar-refractivity contribution >= 4 is 39.9 Å². The van der Waals surface area contributed by atoms with E-state index in [4.69, 9.17) is 5.73 Å². The van der Waals surface area contributed by atoms with Crippen molar-refractivity contribution in [2.45, 2.75) is 31.2 Å². The number of carbonyl (C=O) groups is 1.